The highest BCUT2D eigenvalue weighted by molar-refractivity contribution is 5.80. The Labute approximate surface area is 115 Å². The van der Waals surface area contributed by atoms with E-state index in [0.717, 1.165) is 24.5 Å². The summed E-state index contributed by atoms with van der Waals surface area (Å²) in [6, 6.07) is 7.55. The summed E-state index contributed by atoms with van der Waals surface area (Å²) in [5.74, 6) is 0.864. The molecular weight excluding hydrogens is 240 g/mol. The van der Waals surface area contributed by atoms with Gasteiger partial charge in [0.25, 0.3) is 0 Å². The molecule has 0 bridgehead atoms. The molecule has 0 heterocycles. The highest BCUT2D eigenvalue weighted by Crippen LogP contribution is 2.17. The smallest absolute Gasteiger partial charge is 0.241 e. The van der Waals surface area contributed by atoms with Crippen LogP contribution in [-0.2, 0) is 4.79 Å². The van der Waals surface area contributed by atoms with Crippen LogP contribution < -0.4 is 10.1 Å². The Balaban J connectivity index is 2.52. The molecule has 0 spiro atoms. The van der Waals surface area contributed by atoms with Crippen molar-refractivity contribution in [2.75, 3.05) is 31.6 Å². The minimum absolute atomic E-state index is 0.0995. The van der Waals surface area contributed by atoms with Crippen LogP contribution in [-0.4, -0.2) is 37.0 Å². The maximum Gasteiger partial charge on any atom is 0.241 e. The Hall–Kier alpha value is -1.97. The van der Waals surface area contributed by atoms with Gasteiger partial charge in [0.15, 0.2) is 0 Å². The molecule has 0 radical (unpaired) electrons. The highest BCUT2D eigenvalue weighted by Gasteiger charge is 2.08. The van der Waals surface area contributed by atoms with Gasteiger partial charge in [-0.05, 0) is 26.0 Å². The van der Waals surface area contributed by atoms with E-state index in [1.54, 1.807) is 11.0 Å². The lowest BCUT2D eigenvalue weighted by Gasteiger charge is -2.19. The quantitative estimate of drug-likeness (QED) is 0.732. The molecule has 1 N–H and O–H groups in total. The van der Waals surface area contributed by atoms with Gasteiger partial charge in [0.1, 0.15) is 12.4 Å². The number of likely N-dealkylation sites (N-methyl/N-ethyl adjacent to an activating group) is 1. The zero-order valence-electron chi connectivity index (χ0n) is 11.7. The van der Waals surface area contributed by atoms with Crippen molar-refractivity contribution in [1.29, 1.82) is 0 Å². The van der Waals surface area contributed by atoms with Crippen LogP contribution in [0.4, 0.5) is 5.69 Å². The third-order valence-corrected chi connectivity index (χ3v) is 2.76. The van der Waals surface area contributed by atoms with E-state index in [1.807, 2.05) is 38.1 Å². The minimum Gasteiger partial charge on any atom is -0.489 e. The van der Waals surface area contributed by atoms with E-state index < -0.39 is 0 Å². The highest BCUT2D eigenvalue weighted by atomic mass is 16.5. The van der Waals surface area contributed by atoms with Crippen molar-refractivity contribution in [2.24, 2.45) is 0 Å². The Morgan fingerprint density at radius 3 is 2.79 bits per heavy atom. The molecule has 1 aromatic carbocycles. The van der Waals surface area contributed by atoms with Gasteiger partial charge in [-0.3, -0.25) is 4.79 Å². The molecule has 0 saturated carbocycles. The molecule has 0 aliphatic heterocycles. The predicted octanol–water partition coefficient (Wildman–Crippen LogP) is 2.53. The van der Waals surface area contributed by atoms with Crippen LogP contribution in [0.25, 0.3) is 0 Å². The Kier molecular flexibility index (Phi) is 6.50. The number of hydrogen-bond acceptors (Lipinski definition) is 3. The SMILES string of the molecule is C=CCOc1cccc(NCC(=O)N(CC)CC)c1. The van der Waals surface area contributed by atoms with Crippen molar-refractivity contribution < 1.29 is 9.53 Å². The third kappa shape index (κ3) is 5.04. The normalized spacial score (nSPS) is 9.79. The van der Waals surface area contributed by atoms with E-state index in [0.29, 0.717) is 13.2 Å². The number of ether oxygens (including phenoxy) is 1. The summed E-state index contributed by atoms with van der Waals surface area (Å²) in [6.45, 7) is 9.80. The molecule has 0 saturated heterocycles. The van der Waals surface area contributed by atoms with Gasteiger partial charge in [0.2, 0.25) is 5.91 Å². The number of benzene rings is 1. The van der Waals surface area contributed by atoms with Crippen molar-refractivity contribution in [1.82, 2.24) is 4.90 Å². The first-order valence-electron chi connectivity index (χ1n) is 6.56. The molecular formula is C15H22N2O2. The van der Waals surface area contributed by atoms with Gasteiger partial charge in [0, 0.05) is 24.8 Å². The molecule has 0 fully saturated rings. The van der Waals surface area contributed by atoms with Crippen LogP contribution in [0.2, 0.25) is 0 Å². The second-order valence-electron chi connectivity index (χ2n) is 4.05. The summed E-state index contributed by atoms with van der Waals surface area (Å²) in [4.78, 5) is 13.7. The number of amides is 1. The number of hydrogen-bond donors (Lipinski definition) is 1. The van der Waals surface area contributed by atoms with Gasteiger partial charge in [0.05, 0.1) is 6.54 Å². The van der Waals surface area contributed by atoms with Gasteiger partial charge < -0.3 is 15.0 Å². The van der Waals surface area contributed by atoms with Gasteiger partial charge in [-0.2, -0.15) is 0 Å². The third-order valence-electron chi connectivity index (χ3n) is 2.76. The van der Waals surface area contributed by atoms with Gasteiger partial charge >= 0.3 is 0 Å². The average Bonchev–Trinajstić information content (AvgIpc) is 2.44. The molecule has 0 atom stereocenters. The lowest BCUT2D eigenvalue weighted by Crippen LogP contribution is -2.35. The van der Waals surface area contributed by atoms with Crippen molar-refractivity contribution in [3.8, 4) is 5.75 Å². The van der Waals surface area contributed by atoms with Crippen LogP contribution in [0.5, 0.6) is 5.75 Å². The summed E-state index contributed by atoms with van der Waals surface area (Å²) in [5, 5.41) is 3.11. The Morgan fingerprint density at radius 1 is 1.42 bits per heavy atom. The number of anilines is 1. The van der Waals surface area contributed by atoms with Crippen LogP contribution >= 0.6 is 0 Å². The molecule has 1 aromatic rings. The molecule has 0 unspecified atom stereocenters. The van der Waals surface area contributed by atoms with Gasteiger partial charge in [-0.1, -0.05) is 18.7 Å². The first-order valence-corrected chi connectivity index (χ1v) is 6.56. The topological polar surface area (TPSA) is 41.6 Å². The number of rotatable bonds is 8. The first-order chi connectivity index (χ1) is 9.21. The van der Waals surface area contributed by atoms with Crippen molar-refractivity contribution in [3.63, 3.8) is 0 Å². The van der Waals surface area contributed by atoms with Gasteiger partial charge in [-0.25, -0.2) is 0 Å². The summed E-state index contributed by atoms with van der Waals surface area (Å²) >= 11 is 0. The van der Waals surface area contributed by atoms with E-state index in [-0.39, 0.29) is 5.91 Å². The van der Waals surface area contributed by atoms with Crippen LogP contribution in [0, 0.1) is 0 Å². The zero-order chi connectivity index (χ0) is 14.1. The summed E-state index contributed by atoms with van der Waals surface area (Å²) < 4.78 is 5.44. The van der Waals surface area contributed by atoms with Crippen molar-refractivity contribution in [3.05, 3.63) is 36.9 Å². The second kappa shape index (κ2) is 8.19. The standard InChI is InChI=1S/C15H22N2O2/c1-4-10-19-14-9-7-8-13(11-14)16-12-15(18)17(5-2)6-3/h4,7-9,11,16H,1,5-6,10,12H2,2-3H3. The fourth-order valence-corrected chi connectivity index (χ4v) is 1.72. The fourth-order valence-electron chi connectivity index (χ4n) is 1.72. The maximum absolute atomic E-state index is 11.9. The second-order valence-corrected chi connectivity index (χ2v) is 4.05. The van der Waals surface area contributed by atoms with E-state index in [4.69, 9.17) is 4.74 Å². The van der Waals surface area contributed by atoms with E-state index in [9.17, 15) is 4.79 Å². The van der Waals surface area contributed by atoms with Crippen LogP contribution in [0.3, 0.4) is 0 Å². The summed E-state index contributed by atoms with van der Waals surface area (Å²) in [6.07, 6.45) is 1.70. The zero-order valence-corrected chi connectivity index (χ0v) is 11.7. The molecule has 4 heteroatoms. The number of nitrogens with zero attached hydrogens (tertiary/aromatic N) is 1. The number of nitrogens with one attached hydrogen (secondary N) is 1. The maximum atomic E-state index is 11.9. The number of carbonyl (C=O) groups excluding carboxylic acids is 1. The van der Waals surface area contributed by atoms with E-state index >= 15 is 0 Å². The molecule has 0 aliphatic rings. The Morgan fingerprint density at radius 2 is 2.16 bits per heavy atom. The lowest BCUT2D eigenvalue weighted by atomic mass is 10.3. The predicted molar refractivity (Wildman–Crippen MR) is 78.6 cm³/mol. The largest absolute Gasteiger partial charge is 0.489 e. The molecule has 4 nitrogen and oxygen atoms in total. The molecule has 0 aromatic heterocycles. The van der Waals surface area contributed by atoms with E-state index in [2.05, 4.69) is 11.9 Å². The summed E-state index contributed by atoms with van der Waals surface area (Å²) in [7, 11) is 0. The lowest BCUT2D eigenvalue weighted by molar-refractivity contribution is -0.128. The van der Waals surface area contributed by atoms with Crippen LogP contribution in [0.1, 0.15) is 13.8 Å². The molecule has 19 heavy (non-hydrogen) atoms. The van der Waals surface area contributed by atoms with Gasteiger partial charge in [-0.15, -0.1) is 0 Å². The molecule has 1 rings (SSSR count). The average molecular weight is 262 g/mol. The number of carbonyl (C=O) groups is 1. The fraction of sp³-hybridized carbons (Fsp3) is 0.400. The van der Waals surface area contributed by atoms with E-state index in [1.165, 1.54) is 0 Å². The molecule has 104 valence electrons. The van der Waals surface area contributed by atoms with Crippen molar-refractivity contribution in [2.45, 2.75) is 13.8 Å². The minimum atomic E-state index is 0.0995. The monoisotopic (exact) mass is 262 g/mol. The summed E-state index contributed by atoms with van der Waals surface area (Å²) in [5.41, 5.74) is 0.877. The van der Waals surface area contributed by atoms with Crippen LogP contribution in [0.15, 0.2) is 36.9 Å². The first kappa shape index (κ1) is 15.1. The van der Waals surface area contributed by atoms with Crippen molar-refractivity contribution >= 4 is 11.6 Å². The molecule has 1 amide bonds. The molecule has 0 aliphatic carbocycles. The Bertz CT molecular complexity index is 414.